The van der Waals surface area contributed by atoms with Crippen molar-refractivity contribution in [3.63, 3.8) is 0 Å². The van der Waals surface area contributed by atoms with Gasteiger partial charge in [-0.25, -0.2) is 18.7 Å². The van der Waals surface area contributed by atoms with Gasteiger partial charge in [0, 0.05) is 29.2 Å². The number of nitrogens with one attached hydrogen (secondary N) is 1. The van der Waals surface area contributed by atoms with Crippen molar-refractivity contribution in [2.24, 2.45) is 4.99 Å². The third-order valence-electron chi connectivity index (χ3n) is 5.07. The number of rotatable bonds is 3. The van der Waals surface area contributed by atoms with Gasteiger partial charge in [0.2, 0.25) is 0 Å². The molecule has 4 heterocycles. The highest BCUT2D eigenvalue weighted by Gasteiger charge is 2.29. The first-order valence-corrected chi connectivity index (χ1v) is 9.89. The van der Waals surface area contributed by atoms with Gasteiger partial charge in [-0.3, -0.25) is 4.99 Å². The number of amides is 2. The number of nitrogens with zero attached hydrogens (tertiary/aromatic N) is 6. The number of fused-ring (bicyclic) bond motifs is 1. The number of β-amino-alcohol motifs (C(OH)–C–C–N with tert-alkyl or cyclic N) is 1. The quantitative estimate of drug-likeness (QED) is 0.651. The third kappa shape index (κ3) is 3.60. The van der Waals surface area contributed by atoms with Crippen molar-refractivity contribution in [1.82, 2.24) is 19.5 Å². The summed E-state index contributed by atoms with van der Waals surface area (Å²) in [6, 6.07) is 5.54. The molecule has 31 heavy (non-hydrogen) atoms. The number of benzene rings is 1. The lowest BCUT2D eigenvalue weighted by atomic mass is 10.1. The fraction of sp³-hybridized carbons (Fsp3) is 0.200. The Morgan fingerprint density at radius 3 is 2.94 bits per heavy atom. The van der Waals surface area contributed by atoms with Crippen molar-refractivity contribution in [2.75, 3.05) is 23.3 Å². The number of aliphatic hydroxyl groups is 1. The second-order valence-electron chi connectivity index (χ2n) is 7.19. The number of carbonyl (C=O) groups is 1. The predicted molar refractivity (Wildman–Crippen MR) is 114 cm³/mol. The summed E-state index contributed by atoms with van der Waals surface area (Å²) in [5.74, 6) is 0.103. The number of aliphatic imine (C=N–C) groups is 1. The standard InChI is InChI=1S/C20H17ClFN7O2/c21-15-3-2-12(22)8-14(15)18-23-5-1-6-28(18)17-4-7-29-19(26-17)16(9-24-29)25-20(31)27-10-13(30)11-27/h1-9,13,18,30H,10-11H2,(H,25,31). The van der Waals surface area contributed by atoms with Crippen LogP contribution in [0.3, 0.4) is 0 Å². The molecule has 3 aromatic rings. The van der Waals surface area contributed by atoms with Crippen LogP contribution in [0.5, 0.6) is 0 Å². The van der Waals surface area contributed by atoms with Gasteiger partial charge in [-0.2, -0.15) is 5.10 Å². The first-order chi connectivity index (χ1) is 15.0. The molecule has 1 atom stereocenters. The van der Waals surface area contributed by atoms with Gasteiger partial charge in [-0.1, -0.05) is 11.6 Å². The summed E-state index contributed by atoms with van der Waals surface area (Å²) in [6.07, 6.45) is 7.25. The number of urea groups is 1. The summed E-state index contributed by atoms with van der Waals surface area (Å²) in [5, 5.41) is 16.8. The number of aliphatic hydroxyl groups excluding tert-OH is 1. The topological polar surface area (TPSA) is 98.4 Å². The Morgan fingerprint density at radius 1 is 1.29 bits per heavy atom. The lowest BCUT2D eigenvalue weighted by Crippen LogP contribution is -2.54. The van der Waals surface area contributed by atoms with E-state index in [1.54, 1.807) is 35.7 Å². The maximum Gasteiger partial charge on any atom is 0.322 e. The van der Waals surface area contributed by atoms with E-state index in [4.69, 9.17) is 11.6 Å². The number of aromatic nitrogens is 3. The van der Waals surface area contributed by atoms with Crippen molar-refractivity contribution >= 4 is 41.0 Å². The Kier molecular flexibility index (Phi) is 4.79. The minimum atomic E-state index is -0.605. The molecule has 0 radical (unpaired) electrons. The second kappa shape index (κ2) is 7.64. The molecule has 9 nitrogen and oxygen atoms in total. The molecule has 0 spiro atoms. The molecule has 0 bridgehead atoms. The van der Waals surface area contributed by atoms with E-state index in [2.05, 4.69) is 20.4 Å². The highest BCUT2D eigenvalue weighted by Crippen LogP contribution is 2.34. The van der Waals surface area contributed by atoms with Crippen LogP contribution >= 0.6 is 11.6 Å². The van der Waals surface area contributed by atoms with E-state index in [0.29, 0.717) is 27.7 Å². The number of anilines is 2. The number of carbonyl (C=O) groups excluding carboxylic acids is 1. The number of halogens is 2. The normalized spacial score (nSPS) is 18.5. The maximum atomic E-state index is 13.9. The Morgan fingerprint density at radius 2 is 2.13 bits per heavy atom. The lowest BCUT2D eigenvalue weighted by molar-refractivity contribution is 0.0309. The van der Waals surface area contributed by atoms with Gasteiger partial charge in [0.15, 0.2) is 11.8 Å². The molecule has 2 aliphatic rings. The molecule has 2 N–H and O–H groups in total. The molecule has 2 aromatic heterocycles. The largest absolute Gasteiger partial charge is 0.389 e. The van der Waals surface area contributed by atoms with Gasteiger partial charge in [-0.05, 0) is 30.3 Å². The number of likely N-dealkylation sites (tertiary alicyclic amines) is 1. The van der Waals surface area contributed by atoms with Crippen LogP contribution in [0.15, 0.2) is 53.9 Å². The Hall–Kier alpha value is -3.50. The van der Waals surface area contributed by atoms with Crippen LogP contribution in [0.1, 0.15) is 11.7 Å². The average Bonchev–Trinajstić information content (AvgIpc) is 3.15. The molecule has 1 unspecified atom stereocenters. The Labute approximate surface area is 181 Å². The van der Waals surface area contributed by atoms with E-state index < -0.39 is 18.1 Å². The van der Waals surface area contributed by atoms with Gasteiger partial charge >= 0.3 is 6.03 Å². The van der Waals surface area contributed by atoms with Crippen molar-refractivity contribution < 1.29 is 14.3 Å². The third-order valence-corrected chi connectivity index (χ3v) is 5.41. The SMILES string of the molecule is O=C(Nc1cnn2ccc(N3C=CC=NC3c3cc(F)ccc3Cl)nc12)N1CC(O)C1. The van der Waals surface area contributed by atoms with E-state index in [1.807, 2.05) is 0 Å². The van der Waals surface area contributed by atoms with Crippen LogP contribution in [0.4, 0.5) is 20.7 Å². The summed E-state index contributed by atoms with van der Waals surface area (Å²) in [5.41, 5.74) is 1.36. The van der Waals surface area contributed by atoms with E-state index in [-0.39, 0.29) is 19.1 Å². The fourth-order valence-electron chi connectivity index (χ4n) is 3.47. The maximum absolute atomic E-state index is 13.9. The van der Waals surface area contributed by atoms with Crippen LogP contribution in [-0.2, 0) is 0 Å². The summed E-state index contributed by atoms with van der Waals surface area (Å²) >= 11 is 6.31. The first-order valence-electron chi connectivity index (χ1n) is 9.51. The zero-order valence-electron chi connectivity index (χ0n) is 16.1. The van der Waals surface area contributed by atoms with Crippen LogP contribution < -0.4 is 10.2 Å². The first kappa shape index (κ1) is 19.5. The van der Waals surface area contributed by atoms with Gasteiger partial charge in [0.25, 0.3) is 0 Å². The molecule has 2 amide bonds. The fourth-order valence-corrected chi connectivity index (χ4v) is 3.68. The zero-order chi connectivity index (χ0) is 21.5. The predicted octanol–water partition coefficient (Wildman–Crippen LogP) is 2.83. The van der Waals surface area contributed by atoms with Gasteiger partial charge < -0.3 is 20.2 Å². The molecule has 1 aromatic carbocycles. The minimum absolute atomic E-state index is 0.288. The van der Waals surface area contributed by atoms with Gasteiger partial charge in [-0.15, -0.1) is 0 Å². The summed E-state index contributed by atoms with van der Waals surface area (Å²) in [6.45, 7) is 0.576. The van der Waals surface area contributed by atoms with E-state index in [1.165, 1.54) is 33.8 Å². The van der Waals surface area contributed by atoms with Gasteiger partial charge in [0.05, 0.1) is 25.4 Å². The molecule has 0 saturated carbocycles. The summed E-state index contributed by atoms with van der Waals surface area (Å²) < 4.78 is 15.4. The number of hydrogen-bond donors (Lipinski definition) is 2. The molecule has 2 aliphatic heterocycles. The van der Waals surface area contributed by atoms with E-state index in [9.17, 15) is 14.3 Å². The average molecular weight is 442 g/mol. The lowest BCUT2D eigenvalue weighted by Gasteiger charge is -2.35. The van der Waals surface area contributed by atoms with E-state index >= 15 is 0 Å². The second-order valence-corrected chi connectivity index (χ2v) is 7.59. The van der Waals surface area contributed by atoms with Crippen molar-refractivity contribution in [1.29, 1.82) is 0 Å². The summed E-state index contributed by atoms with van der Waals surface area (Å²) in [4.78, 5) is 24.7. The number of hydrogen-bond acceptors (Lipinski definition) is 6. The smallest absolute Gasteiger partial charge is 0.322 e. The molecule has 1 saturated heterocycles. The van der Waals surface area contributed by atoms with Crippen LogP contribution in [0.2, 0.25) is 5.02 Å². The molecule has 5 rings (SSSR count). The van der Waals surface area contributed by atoms with Gasteiger partial charge in [0.1, 0.15) is 17.3 Å². The number of allylic oxidation sites excluding steroid dienone is 1. The highest BCUT2D eigenvalue weighted by molar-refractivity contribution is 6.31. The van der Waals surface area contributed by atoms with Crippen LogP contribution in [0.25, 0.3) is 5.65 Å². The summed E-state index contributed by atoms with van der Waals surface area (Å²) in [7, 11) is 0. The molecular weight excluding hydrogens is 425 g/mol. The zero-order valence-corrected chi connectivity index (χ0v) is 16.8. The van der Waals surface area contributed by atoms with Crippen molar-refractivity contribution in [3.8, 4) is 0 Å². The minimum Gasteiger partial charge on any atom is -0.389 e. The molecular formula is C20H17ClFN7O2. The van der Waals surface area contributed by atoms with Crippen LogP contribution in [-0.4, -0.2) is 56.0 Å². The monoisotopic (exact) mass is 441 g/mol. The van der Waals surface area contributed by atoms with E-state index in [0.717, 1.165) is 0 Å². The Balaban J connectivity index is 1.47. The molecule has 158 valence electrons. The van der Waals surface area contributed by atoms with Crippen LogP contribution in [0, 0.1) is 5.82 Å². The van der Waals surface area contributed by atoms with Crippen molar-refractivity contribution in [3.05, 3.63) is 65.3 Å². The Bertz CT molecular complexity index is 1220. The van der Waals surface area contributed by atoms with Crippen molar-refractivity contribution in [2.45, 2.75) is 12.3 Å². The molecule has 11 heteroatoms. The highest BCUT2D eigenvalue weighted by atomic mass is 35.5. The molecule has 1 fully saturated rings. The molecule has 0 aliphatic carbocycles.